The third-order valence-corrected chi connectivity index (χ3v) is 12.9. The second kappa shape index (κ2) is 12.0. The number of benzene rings is 11. The molecule has 0 fully saturated rings. The molecule has 11 aromatic rings. The van der Waals surface area contributed by atoms with Gasteiger partial charge in [0, 0.05) is 0 Å². The molecule has 0 aromatic heterocycles. The van der Waals surface area contributed by atoms with E-state index in [4.69, 9.17) is 0 Å². The van der Waals surface area contributed by atoms with Gasteiger partial charge in [0.2, 0.25) is 0 Å². The van der Waals surface area contributed by atoms with Crippen LogP contribution in [0.15, 0.2) is 206 Å². The van der Waals surface area contributed by atoms with E-state index in [1.165, 1.54) is 132 Å². The van der Waals surface area contributed by atoms with Gasteiger partial charge in [0.1, 0.15) is 0 Å². The normalized spacial score (nSPS) is 12.1. The van der Waals surface area contributed by atoms with Crippen molar-refractivity contribution in [3.05, 3.63) is 206 Å². The first-order valence-electron chi connectivity index (χ1n) is 20.3. The van der Waals surface area contributed by atoms with Crippen molar-refractivity contribution in [1.29, 1.82) is 0 Å². The van der Waals surface area contributed by atoms with Crippen LogP contribution in [0.25, 0.3) is 132 Å². The summed E-state index contributed by atoms with van der Waals surface area (Å²) in [6.45, 7) is 0. The lowest BCUT2D eigenvalue weighted by atomic mass is 9.83. The highest BCUT2D eigenvalue weighted by atomic mass is 14.4. The molecule has 0 heterocycles. The van der Waals surface area contributed by atoms with E-state index in [-0.39, 0.29) is 0 Å². The molecule has 0 atom stereocenters. The van der Waals surface area contributed by atoms with Crippen molar-refractivity contribution in [1.82, 2.24) is 0 Å². The molecule has 11 aromatic carbocycles. The van der Waals surface area contributed by atoms with E-state index in [2.05, 4.69) is 206 Å². The van der Waals surface area contributed by atoms with Gasteiger partial charge in [-0.25, -0.2) is 0 Å². The summed E-state index contributed by atoms with van der Waals surface area (Å²) >= 11 is 0. The lowest BCUT2D eigenvalue weighted by Gasteiger charge is -2.19. The standard InChI is InChI=1S/C58H34/c1-5-17-35(18-6-1)41-29-31-43(37-21-9-3-10-22-37)51-49(41)53-45-27-15-16-28-46(45)54-50-42(36-19-7-2-8-20-36)30-32-44(38-23-11-4-12-24-38)52(50)56-48-34-40-26-14-13-25-39(40)33-47(48)55(51)57(53)58(54)56/h1-34H. The fourth-order valence-electron chi connectivity index (χ4n) is 10.6. The fraction of sp³-hybridized carbons (Fsp3) is 0. The van der Waals surface area contributed by atoms with Crippen molar-refractivity contribution >= 4 is 43.1 Å². The summed E-state index contributed by atoms with van der Waals surface area (Å²) in [6.07, 6.45) is 0. The molecule has 13 rings (SSSR count). The largest absolute Gasteiger partial charge is 0.0622 e. The molecule has 2 aliphatic carbocycles. The smallest absolute Gasteiger partial charge is 0.0000472 e. The average molecular weight is 731 g/mol. The second-order valence-electron chi connectivity index (χ2n) is 15.8. The third kappa shape index (κ3) is 4.24. The van der Waals surface area contributed by atoms with Gasteiger partial charge in [0.25, 0.3) is 0 Å². The maximum absolute atomic E-state index is 2.49. The van der Waals surface area contributed by atoms with Crippen molar-refractivity contribution in [2.75, 3.05) is 0 Å². The van der Waals surface area contributed by atoms with Gasteiger partial charge in [-0.3, -0.25) is 0 Å². The number of hydrogen-bond acceptors (Lipinski definition) is 0. The van der Waals surface area contributed by atoms with Crippen LogP contribution in [0.2, 0.25) is 0 Å². The minimum absolute atomic E-state index is 1.23. The summed E-state index contributed by atoms with van der Waals surface area (Å²) < 4.78 is 0. The van der Waals surface area contributed by atoms with Gasteiger partial charge >= 0.3 is 0 Å². The third-order valence-electron chi connectivity index (χ3n) is 12.9. The highest BCUT2D eigenvalue weighted by Gasteiger charge is 2.39. The van der Waals surface area contributed by atoms with E-state index in [1.54, 1.807) is 0 Å². The van der Waals surface area contributed by atoms with E-state index in [9.17, 15) is 0 Å². The topological polar surface area (TPSA) is 0 Å². The Kier molecular flexibility index (Phi) is 6.54. The van der Waals surface area contributed by atoms with Crippen LogP contribution in [-0.2, 0) is 0 Å². The molecule has 0 unspecified atom stereocenters. The summed E-state index contributed by atoms with van der Waals surface area (Å²) in [4.78, 5) is 0. The Balaban J connectivity index is 1.33. The molecule has 2 aliphatic rings. The lowest BCUT2D eigenvalue weighted by Crippen LogP contribution is -1.92. The van der Waals surface area contributed by atoms with Crippen LogP contribution in [0.3, 0.4) is 0 Å². The van der Waals surface area contributed by atoms with Crippen LogP contribution in [0.1, 0.15) is 0 Å². The molecule has 0 bridgehead atoms. The Morgan fingerprint density at radius 1 is 0.190 bits per heavy atom. The van der Waals surface area contributed by atoms with E-state index in [1.807, 2.05) is 0 Å². The summed E-state index contributed by atoms with van der Waals surface area (Å²) in [7, 11) is 0. The zero-order chi connectivity index (χ0) is 37.9. The zero-order valence-electron chi connectivity index (χ0n) is 31.6. The molecular weight excluding hydrogens is 697 g/mol. The Morgan fingerprint density at radius 2 is 0.448 bits per heavy atom. The van der Waals surface area contributed by atoms with Gasteiger partial charge in [-0.2, -0.15) is 0 Å². The van der Waals surface area contributed by atoms with Crippen molar-refractivity contribution < 1.29 is 0 Å². The summed E-state index contributed by atoms with van der Waals surface area (Å²) in [5, 5.41) is 10.5. The van der Waals surface area contributed by atoms with Gasteiger partial charge in [0.15, 0.2) is 0 Å². The first-order valence-corrected chi connectivity index (χ1v) is 20.3. The van der Waals surface area contributed by atoms with E-state index in [0.29, 0.717) is 0 Å². The second-order valence-corrected chi connectivity index (χ2v) is 15.8. The number of rotatable bonds is 4. The van der Waals surface area contributed by atoms with Gasteiger partial charge in [-0.15, -0.1) is 0 Å². The van der Waals surface area contributed by atoms with Crippen LogP contribution in [0, 0.1) is 0 Å². The van der Waals surface area contributed by atoms with Crippen molar-refractivity contribution in [3.8, 4) is 89.0 Å². The summed E-state index contributed by atoms with van der Waals surface area (Å²) in [5.41, 5.74) is 20.8. The van der Waals surface area contributed by atoms with Gasteiger partial charge in [0.05, 0.1) is 0 Å². The molecule has 58 heavy (non-hydrogen) atoms. The van der Waals surface area contributed by atoms with Crippen molar-refractivity contribution in [2.45, 2.75) is 0 Å². The molecule has 0 amide bonds. The number of fused-ring (bicyclic) bond motifs is 13. The predicted octanol–water partition coefficient (Wildman–Crippen LogP) is 16.3. The average Bonchev–Trinajstić information content (AvgIpc) is 3.85. The quantitative estimate of drug-likeness (QED) is 0.158. The molecule has 0 radical (unpaired) electrons. The van der Waals surface area contributed by atoms with E-state index >= 15 is 0 Å². The Bertz CT molecular complexity index is 3270. The van der Waals surface area contributed by atoms with Gasteiger partial charge in [-0.05, 0) is 144 Å². The molecule has 0 N–H and O–H groups in total. The molecule has 266 valence electrons. The number of hydrogen-bond donors (Lipinski definition) is 0. The lowest BCUT2D eigenvalue weighted by molar-refractivity contribution is 1.59. The van der Waals surface area contributed by atoms with Crippen molar-refractivity contribution in [2.24, 2.45) is 0 Å². The first-order chi connectivity index (χ1) is 28.8. The van der Waals surface area contributed by atoms with Gasteiger partial charge in [-0.1, -0.05) is 194 Å². The highest BCUT2D eigenvalue weighted by Crippen LogP contribution is 2.67. The van der Waals surface area contributed by atoms with Gasteiger partial charge < -0.3 is 0 Å². The molecule has 0 nitrogen and oxygen atoms in total. The fourth-order valence-corrected chi connectivity index (χ4v) is 10.6. The minimum Gasteiger partial charge on any atom is -0.0622 e. The van der Waals surface area contributed by atoms with Crippen molar-refractivity contribution in [3.63, 3.8) is 0 Å². The van der Waals surface area contributed by atoms with Crippen LogP contribution < -0.4 is 0 Å². The Labute approximate surface area is 336 Å². The van der Waals surface area contributed by atoms with Crippen LogP contribution in [0.4, 0.5) is 0 Å². The Hall–Kier alpha value is -7.54. The Morgan fingerprint density at radius 3 is 0.759 bits per heavy atom. The molecule has 0 spiro atoms. The maximum Gasteiger partial charge on any atom is -0.0000472 e. The van der Waals surface area contributed by atoms with E-state index in [0.717, 1.165) is 0 Å². The monoisotopic (exact) mass is 730 g/mol. The summed E-state index contributed by atoms with van der Waals surface area (Å²) in [6, 6.07) is 76.8. The minimum atomic E-state index is 1.23. The van der Waals surface area contributed by atoms with E-state index < -0.39 is 0 Å². The van der Waals surface area contributed by atoms with Crippen LogP contribution in [-0.4, -0.2) is 0 Å². The predicted molar refractivity (Wildman–Crippen MR) is 247 cm³/mol. The molecule has 0 heteroatoms. The maximum atomic E-state index is 2.49. The zero-order valence-corrected chi connectivity index (χ0v) is 31.6. The highest BCUT2D eigenvalue weighted by molar-refractivity contribution is 6.43. The first kappa shape index (κ1) is 31.6. The van der Waals surface area contributed by atoms with Crippen LogP contribution >= 0.6 is 0 Å². The molecule has 0 saturated carbocycles. The molecule has 0 aliphatic heterocycles. The SMILES string of the molecule is c1ccc(-c2ccc(-c3ccccc3)c3c2-c2c4ccccc4c4c5c(c6cc7ccccc7cc6c-3c25)-c2c(-c3ccccc3)ccc(-c3ccccc3)c2-4)cc1. The van der Waals surface area contributed by atoms with Crippen LogP contribution in [0.5, 0.6) is 0 Å². The summed E-state index contributed by atoms with van der Waals surface area (Å²) in [5.74, 6) is 0. The molecule has 0 saturated heterocycles. The molecular formula is C58H34.